The Bertz CT molecular complexity index is 1180. The van der Waals surface area contributed by atoms with Gasteiger partial charge in [0.05, 0.1) is 6.61 Å². The van der Waals surface area contributed by atoms with Gasteiger partial charge in [0.1, 0.15) is 5.75 Å². The van der Waals surface area contributed by atoms with Crippen LogP contribution in [0.5, 0.6) is 5.75 Å². The van der Waals surface area contributed by atoms with Gasteiger partial charge >= 0.3 is 57.5 Å². The number of carbonyl (C=O) groups is 2. The summed E-state index contributed by atoms with van der Waals surface area (Å²) >= 11 is 0. The Balaban J connectivity index is 0.00000408. The van der Waals surface area contributed by atoms with Gasteiger partial charge < -0.3 is 36.0 Å². The van der Waals surface area contributed by atoms with Crippen LogP contribution in [-0.4, -0.2) is 28.4 Å². The summed E-state index contributed by atoms with van der Waals surface area (Å²) in [5, 5.41) is 10.8. The maximum atomic E-state index is 12.6. The fourth-order valence-electron chi connectivity index (χ4n) is 2.83. The van der Waals surface area contributed by atoms with Crippen LogP contribution >= 0.6 is 0 Å². The molecule has 34 heavy (non-hydrogen) atoms. The van der Waals surface area contributed by atoms with Gasteiger partial charge in [-0.2, -0.15) is 0 Å². The number of hydrogen-bond acceptors (Lipinski definition) is 7. The van der Waals surface area contributed by atoms with E-state index >= 15 is 0 Å². The third-order valence-electron chi connectivity index (χ3n) is 4.49. The van der Waals surface area contributed by atoms with Crippen molar-refractivity contribution in [3.05, 3.63) is 89.8 Å². The predicted octanol–water partition coefficient (Wildman–Crippen LogP) is 0.456. The zero-order chi connectivity index (χ0) is 23.6. The van der Waals surface area contributed by atoms with Gasteiger partial charge in [0.15, 0.2) is 0 Å². The molecule has 2 N–H and O–H groups in total. The van der Waals surface area contributed by atoms with E-state index in [1.807, 2.05) is 38.2 Å². The van der Waals surface area contributed by atoms with Gasteiger partial charge in [-0.25, -0.2) is 4.79 Å². The second kappa shape index (κ2) is 13.9. The molecule has 0 aliphatic rings. The Morgan fingerprint density at radius 2 is 2.03 bits per heavy atom. The molecule has 1 amide bonds. The van der Waals surface area contributed by atoms with Crippen LogP contribution in [0.4, 0.5) is 10.5 Å². The van der Waals surface area contributed by atoms with E-state index in [2.05, 4.69) is 26.9 Å². The van der Waals surface area contributed by atoms with E-state index < -0.39 is 6.16 Å². The predicted molar refractivity (Wildman–Crippen MR) is 122 cm³/mol. The van der Waals surface area contributed by atoms with Crippen molar-refractivity contribution in [2.24, 2.45) is 12.0 Å². The largest absolute Gasteiger partial charge is 1.00 e. The third kappa shape index (κ3) is 8.62. The molecular formula is C24H25KN5O4-. The van der Waals surface area contributed by atoms with Gasteiger partial charge in [-0.05, 0) is 55.8 Å². The summed E-state index contributed by atoms with van der Waals surface area (Å²) in [6, 6.07) is 13.7. The number of amides is 1. The SMILES string of the molecule is CCOC(=O)Oc1ccc(C(=O)Nc2cccc(C(C)N[C-]=CN=c3cnn(C)[cH-]3)c2)cc1.[K+]. The van der Waals surface area contributed by atoms with Gasteiger partial charge in [0, 0.05) is 24.3 Å². The number of aromatic nitrogens is 2. The summed E-state index contributed by atoms with van der Waals surface area (Å²) in [5.41, 5.74) is 2.05. The van der Waals surface area contributed by atoms with E-state index in [-0.39, 0.29) is 69.9 Å². The average molecular weight is 487 g/mol. The van der Waals surface area contributed by atoms with Crippen LogP contribution in [-0.2, 0) is 11.8 Å². The van der Waals surface area contributed by atoms with Gasteiger partial charge in [0.2, 0.25) is 0 Å². The molecule has 0 spiro atoms. The van der Waals surface area contributed by atoms with Crippen LogP contribution in [0.15, 0.2) is 72.1 Å². The van der Waals surface area contributed by atoms with Crippen LogP contribution in [0.3, 0.4) is 0 Å². The molecule has 10 heteroatoms. The van der Waals surface area contributed by atoms with Gasteiger partial charge in [-0.1, -0.05) is 29.9 Å². The molecule has 0 aliphatic heterocycles. The molecule has 3 aromatic rings. The molecule has 1 aromatic heterocycles. The molecule has 172 valence electrons. The maximum Gasteiger partial charge on any atom is 1.00 e. The number of carbonyl (C=O) groups excluding carboxylic acids is 2. The van der Waals surface area contributed by atoms with E-state index in [4.69, 9.17) is 9.47 Å². The molecule has 0 saturated heterocycles. The molecule has 0 saturated carbocycles. The number of anilines is 1. The Morgan fingerprint density at radius 3 is 2.71 bits per heavy atom. The van der Waals surface area contributed by atoms with Crippen LogP contribution in [0.1, 0.15) is 35.8 Å². The normalized spacial score (nSPS) is 12.0. The minimum absolute atomic E-state index is 0. The van der Waals surface area contributed by atoms with Crippen molar-refractivity contribution >= 4 is 17.7 Å². The van der Waals surface area contributed by atoms with E-state index in [0.717, 1.165) is 10.9 Å². The number of nitrogens with one attached hydrogen (secondary N) is 2. The summed E-state index contributed by atoms with van der Waals surface area (Å²) in [7, 11) is 1.83. The summed E-state index contributed by atoms with van der Waals surface area (Å²) in [6.45, 7) is 3.89. The maximum absolute atomic E-state index is 12.6. The van der Waals surface area contributed by atoms with E-state index in [1.165, 1.54) is 12.1 Å². The van der Waals surface area contributed by atoms with Gasteiger partial charge in [0.25, 0.3) is 5.91 Å². The summed E-state index contributed by atoms with van der Waals surface area (Å²) in [4.78, 5) is 28.2. The van der Waals surface area contributed by atoms with Gasteiger partial charge in [-0.15, -0.1) is 6.20 Å². The first-order chi connectivity index (χ1) is 15.9. The number of aryl methyl sites for hydroxylation is 1. The van der Waals surface area contributed by atoms with Crippen molar-refractivity contribution in [3.63, 3.8) is 0 Å². The summed E-state index contributed by atoms with van der Waals surface area (Å²) in [5.74, 6) is 0.0173. The second-order valence-corrected chi connectivity index (χ2v) is 7.03. The Kier molecular flexibility index (Phi) is 11.3. The average Bonchev–Trinajstić information content (AvgIpc) is 3.22. The quantitative estimate of drug-likeness (QED) is 0.158. The molecule has 9 nitrogen and oxygen atoms in total. The number of rotatable bonds is 8. The molecule has 1 unspecified atom stereocenters. The zero-order valence-corrected chi connectivity index (χ0v) is 22.7. The molecule has 0 aliphatic carbocycles. The molecule has 1 atom stereocenters. The van der Waals surface area contributed by atoms with Crippen LogP contribution < -0.4 is 72.1 Å². The standard InChI is InChI=1S/C24H25N5O4.K/c1-4-32-24(31)33-22-10-8-18(9-11-22)23(30)28-20-7-5-6-19(14-20)17(2)25-12-13-26-21-15-27-29(3)16-21;/h5-11,13-17,25H,4H2,1-3H3,(H,28,30);/q-2;+1. The minimum atomic E-state index is -0.785. The van der Waals surface area contributed by atoms with Crippen LogP contribution in [0.2, 0.25) is 0 Å². The fourth-order valence-corrected chi connectivity index (χ4v) is 2.83. The van der Waals surface area contributed by atoms with E-state index in [0.29, 0.717) is 17.0 Å². The first-order valence-electron chi connectivity index (χ1n) is 10.3. The molecule has 2 aromatic carbocycles. The van der Waals surface area contributed by atoms with Crippen molar-refractivity contribution in [2.75, 3.05) is 11.9 Å². The van der Waals surface area contributed by atoms with E-state index in [9.17, 15) is 9.59 Å². The zero-order valence-electron chi connectivity index (χ0n) is 19.6. The Hall–Kier alpha value is -2.63. The van der Waals surface area contributed by atoms with Gasteiger partial charge in [-0.3, -0.25) is 9.89 Å². The van der Waals surface area contributed by atoms with E-state index in [1.54, 1.807) is 42.3 Å². The topological polar surface area (TPSA) is 107 Å². The number of hydrogen-bond donors (Lipinski definition) is 2. The minimum Gasteiger partial charge on any atom is -0.560 e. The van der Waals surface area contributed by atoms with Crippen molar-refractivity contribution in [1.82, 2.24) is 15.1 Å². The second-order valence-electron chi connectivity index (χ2n) is 7.03. The first-order valence-corrected chi connectivity index (χ1v) is 10.3. The molecule has 3 rings (SSSR count). The Morgan fingerprint density at radius 1 is 1.26 bits per heavy atom. The molecule has 0 bridgehead atoms. The van der Waals surface area contributed by atoms with Crippen molar-refractivity contribution in [3.8, 4) is 5.75 Å². The van der Waals surface area contributed by atoms with Crippen molar-refractivity contribution in [2.45, 2.75) is 19.9 Å². The molecule has 0 radical (unpaired) electrons. The Labute approximate surface area is 240 Å². The number of nitrogens with zero attached hydrogens (tertiary/aromatic N) is 3. The van der Waals surface area contributed by atoms with Crippen LogP contribution in [0.25, 0.3) is 0 Å². The smallest absolute Gasteiger partial charge is 0.560 e. The summed E-state index contributed by atoms with van der Waals surface area (Å²) in [6.07, 6.45) is 7.17. The fraction of sp³-hybridized carbons (Fsp3) is 0.208. The number of ether oxygens (including phenoxy) is 2. The number of benzene rings is 2. The summed E-state index contributed by atoms with van der Waals surface area (Å²) < 4.78 is 11.4. The van der Waals surface area contributed by atoms with Crippen molar-refractivity contribution < 1.29 is 70.4 Å². The molecule has 0 fully saturated rings. The third-order valence-corrected chi connectivity index (χ3v) is 4.49. The van der Waals surface area contributed by atoms with Crippen molar-refractivity contribution in [1.29, 1.82) is 0 Å². The molecule has 1 heterocycles. The monoisotopic (exact) mass is 486 g/mol. The molecular weight excluding hydrogens is 461 g/mol. The van der Waals surface area contributed by atoms with Crippen LogP contribution in [0, 0.1) is 6.20 Å². The first kappa shape index (κ1) is 27.6.